The lowest BCUT2D eigenvalue weighted by Crippen LogP contribution is -2.44. The molecule has 0 aromatic rings. The van der Waals surface area contributed by atoms with Crippen LogP contribution in [0.15, 0.2) is 12.2 Å². The fourth-order valence-electron chi connectivity index (χ4n) is 9.59. The molecule has 432 valence electrons. The molecule has 73 heavy (non-hydrogen) atoms. The number of allylic oxidation sites excluding steroid dienone is 2. The highest BCUT2D eigenvalue weighted by Gasteiger charge is 2.22. The summed E-state index contributed by atoms with van der Waals surface area (Å²) in [4.78, 5) is 37.2. The molecule has 9 heteroatoms. The standard InChI is InChI=1S/C64H123NO8/c1-6-8-10-12-14-16-18-19-20-21-22-23-24-25-26-27-28-29-30-31-32-33-34-35-36-37-38-39-40-41-42-43-45-47-49-51-53-55-62(67)73-60(59-72-64(63(68)69)70-57-56-65(3,4)5)58-71-61(66)54-52-50-48-46-44-17-15-13-11-9-7-2/h21-22,60,64H,6-20,23-59H2,1-5H3/b22-21-. The Balaban J connectivity index is 3.90. The molecule has 0 fully saturated rings. The number of unbranched alkanes of at least 4 members (excludes halogenated alkanes) is 43. The number of carboxylic acid groups (broad SMARTS) is 1. The first-order valence-corrected chi connectivity index (χ1v) is 31.8. The largest absolute Gasteiger partial charge is 0.545 e. The fraction of sp³-hybridized carbons (Fsp3) is 0.922. The number of nitrogens with zero attached hydrogens (tertiary/aromatic N) is 1. The van der Waals surface area contributed by atoms with Crippen LogP contribution in [0.5, 0.6) is 0 Å². The van der Waals surface area contributed by atoms with Crippen LogP contribution in [0.4, 0.5) is 0 Å². The van der Waals surface area contributed by atoms with E-state index >= 15 is 0 Å². The van der Waals surface area contributed by atoms with Gasteiger partial charge in [-0.05, 0) is 38.5 Å². The average Bonchev–Trinajstić information content (AvgIpc) is 3.36. The quantitative estimate of drug-likeness (QED) is 0.0195. The number of carboxylic acids is 1. The third kappa shape index (κ3) is 57.6. The molecule has 0 heterocycles. The van der Waals surface area contributed by atoms with Crippen LogP contribution in [0.25, 0.3) is 0 Å². The molecule has 0 saturated carbocycles. The second-order valence-electron chi connectivity index (χ2n) is 23.1. The maximum absolute atomic E-state index is 12.8. The smallest absolute Gasteiger partial charge is 0.306 e. The van der Waals surface area contributed by atoms with E-state index < -0.39 is 24.3 Å². The van der Waals surface area contributed by atoms with Gasteiger partial charge in [-0.15, -0.1) is 0 Å². The highest BCUT2D eigenvalue weighted by atomic mass is 16.7. The topological polar surface area (TPSA) is 111 Å². The van der Waals surface area contributed by atoms with Gasteiger partial charge >= 0.3 is 11.9 Å². The molecule has 0 radical (unpaired) electrons. The molecule has 0 aromatic heterocycles. The molecule has 0 N–H and O–H groups in total. The second kappa shape index (κ2) is 56.2. The third-order valence-corrected chi connectivity index (χ3v) is 14.5. The maximum Gasteiger partial charge on any atom is 0.306 e. The normalized spacial score (nSPS) is 12.7. The van der Waals surface area contributed by atoms with Crippen molar-refractivity contribution in [3.63, 3.8) is 0 Å². The number of rotatable bonds is 60. The van der Waals surface area contributed by atoms with Crippen LogP contribution in [0.2, 0.25) is 0 Å². The lowest BCUT2D eigenvalue weighted by molar-refractivity contribution is -0.870. The summed E-state index contributed by atoms with van der Waals surface area (Å²) < 4.78 is 22.7. The molecular weight excluding hydrogens is 911 g/mol. The molecule has 0 spiro atoms. The molecule has 9 nitrogen and oxygen atoms in total. The van der Waals surface area contributed by atoms with Gasteiger partial charge in [0.1, 0.15) is 13.2 Å². The van der Waals surface area contributed by atoms with Crippen molar-refractivity contribution < 1.29 is 42.9 Å². The molecule has 0 aliphatic rings. The Labute approximate surface area is 453 Å². The van der Waals surface area contributed by atoms with Crippen LogP contribution in [-0.4, -0.2) is 82.3 Å². The number of aliphatic carboxylic acids is 1. The van der Waals surface area contributed by atoms with Gasteiger partial charge in [-0.1, -0.05) is 283 Å². The Bertz CT molecular complexity index is 1200. The van der Waals surface area contributed by atoms with E-state index in [0.29, 0.717) is 17.4 Å². The average molecular weight is 1030 g/mol. The van der Waals surface area contributed by atoms with Crippen LogP contribution in [0.3, 0.4) is 0 Å². The van der Waals surface area contributed by atoms with E-state index in [-0.39, 0.29) is 32.2 Å². The van der Waals surface area contributed by atoms with E-state index in [4.69, 9.17) is 18.9 Å². The van der Waals surface area contributed by atoms with Gasteiger partial charge in [0, 0.05) is 12.8 Å². The van der Waals surface area contributed by atoms with Crippen molar-refractivity contribution in [1.82, 2.24) is 0 Å². The molecular formula is C64H123NO8. The Morgan fingerprint density at radius 1 is 0.397 bits per heavy atom. The van der Waals surface area contributed by atoms with E-state index in [1.807, 2.05) is 21.1 Å². The lowest BCUT2D eigenvalue weighted by Gasteiger charge is -2.26. The number of likely N-dealkylation sites (N-methyl/N-ethyl adjacent to an activating group) is 1. The number of ether oxygens (including phenoxy) is 4. The molecule has 0 saturated heterocycles. The van der Waals surface area contributed by atoms with Crippen molar-refractivity contribution in [2.45, 2.75) is 334 Å². The minimum Gasteiger partial charge on any atom is -0.545 e. The van der Waals surface area contributed by atoms with Crippen molar-refractivity contribution in [3.8, 4) is 0 Å². The number of carbonyl (C=O) groups excluding carboxylic acids is 3. The third-order valence-electron chi connectivity index (χ3n) is 14.5. The first-order valence-electron chi connectivity index (χ1n) is 31.8. The van der Waals surface area contributed by atoms with Crippen LogP contribution in [0.1, 0.15) is 322 Å². The summed E-state index contributed by atoms with van der Waals surface area (Å²) >= 11 is 0. The SMILES string of the molecule is CCCCCCCCCC/C=C\CCCCCCCCCCCCCCCCCCCCCCCCCCCC(=O)OC(COC(=O)CCCCCCCCCCCCC)COC(OCC[N+](C)(C)C)C(=O)[O-]. The monoisotopic (exact) mass is 1030 g/mol. The van der Waals surface area contributed by atoms with E-state index in [1.54, 1.807) is 0 Å². The minimum absolute atomic E-state index is 0.152. The van der Waals surface area contributed by atoms with Crippen molar-refractivity contribution >= 4 is 17.9 Å². The van der Waals surface area contributed by atoms with Crippen LogP contribution in [-0.2, 0) is 33.3 Å². The van der Waals surface area contributed by atoms with Crippen molar-refractivity contribution in [2.24, 2.45) is 0 Å². The predicted octanol–water partition coefficient (Wildman–Crippen LogP) is 17.6. The zero-order valence-electron chi connectivity index (χ0n) is 49.3. The zero-order valence-corrected chi connectivity index (χ0v) is 49.3. The Hall–Kier alpha value is -1.97. The summed E-state index contributed by atoms with van der Waals surface area (Å²) in [6.07, 6.45) is 63.1. The first kappa shape index (κ1) is 71.0. The number of hydrogen-bond acceptors (Lipinski definition) is 8. The number of esters is 2. The van der Waals surface area contributed by atoms with Crippen LogP contribution >= 0.6 is 0 Å². The van der Waals surface area contributed by atoms with Gasteiger partial charge < -0.3 is 33.3 Å². The Morgan fingerprint density at radius 2 is 0.699 bits per heavy atom. The molecule has 0 bridgehead atoms. The van der Waals surface area contributed by atoms with E-state index in [0.717, 1.165) is 38.5 Å². The zero-order chi connectivity index (χ0) is 53.4. The number of hydrogen-bond donors (Lipinski definition) is 0. The van der Waals surface area contributed by atoms with Crippen molar-refractivity contribution in [3.05, 3.63) is 12.2 Å². The molecule has 2 atom stereocenters. The molecule has 2 unspecified atom stereocenters. The Kier molecular flexibility index (Phi) is 54.7. The summed E-state index contributed by atoms with van der Waals surface area (Å²) in [6.45, 7) is 4.79. The number of carbonyl (C=O) groups is 3. The highest BCUT2D eigenvalue weighted by molar-refractivity contribution is 5.70. The van der Waals surface area contributed by atoms with E-state index in [2.05, 4.69) is 26.0 Å². The minimum atomic E-state index is -1.61. The van der Waals surface area contributed by atoms with Gasteiger partial charge in [0.15, 0.2) is 12.4 Å². The van der Waals surface area contributed by atoms with Gasteiger partial charge in [-0.2, -0.15) is 0 Å². The molecule has 0 rings (SSSR count). The highest BCUT2D eigenvalue weighted by Crippen LogP contribution is 2.18. The summed E-state index contributed by atoms with van der Waals surface area (Å²) in [5.41, 5.74) is 0. The predicted molar refractivity (Wildman–Crippen MR) is 307 cm³/mol. The second-order valence-corrected chi connectivity index (χ2v) is 23.1. The Morgan fingerprint density at radius 3 is 1.01 bits per heavy atom. The summed E-state index contributed by atoms with van der Waals surface area (Å²) in [5.74, 6) is -2.26. The van der Waals surface area contributed by atoms with E-state index in [9.17, 15) is 19.5 Å². The molecule has 0 aromatic carbocycles. The van der Waals surface area contributed by atoms with E-state index in [1.165, 1.54) is 257 Å². The van der Waals surface area contributed by atoms with Gasteiger partial charge in [0.25, 0.3) is 0 Å². The molecule has 0 aliphatic carbocycles. The summed E-state index contributed by atoms with van der Waals surface area (Å²) in [5, 5.41) is 11.7. The van der Waals surface area contributed by atoms with Gasteiger partial charge in [-0.3, -0.25) is 9.59 Å². The van der Waals surface area contributed by atoms with Crippen LogP contribution in [0, 0.1) is 0 Å². The fourth-order valence-corrected chi connectivity index (χ4v) is 9.59. The maximum atomic E-state index is 12.8. The first-order chi connectivity index (χ1) is 35.6. The van der Waals surface area contributed by atoms with Crippen molar-refractivity contribution in [2.75, 3.05) is 47.5 Å². The van der Waals surface area contributed by atoms with Gasteiger partial charge in [0.05, 0.1) is 40.3 Å². The van der Waals surface area contributed by atoms with Gasteiger partial charge in [0.2, 0.25) is 0 Å². The lowest BCUT2D eigenvalue weighted by atomic mass is 10.0. The van der Waals surface area contributed by atoms with Gasteiger partial charge in [-0.25, -0.2) is 0 Å². The summed E-state index contributed by atoms with van der Waals surface area (Å²) in [6, 6.07) is 0. The van der Waals surface area contributed by atoms with Crippen molar-refractivity contribution in [1.29, 1.82) is 0 Å². The number of quaternary nitrogens is 1. The summed E-state index contributed by atoms with van der Waals surface area (Å²) in [7, 11) is 5.93. The molecule has 0 aliphatic heterocycles. The van der Waals surface area contributed by atoms with Crippen LogP contribution < -0.4 is 5.11 Å². The molecule has 0 amide bonds.